The minimum Gasteiger partial charge on any atom is -0.248 e. The van der Waals surface area contributed by atoms with Crippen LogP contribution in [0.2, 0.25) is 0 Å². The van der Waals surface area contributed by atoms with Crippen LogP contribution in [-0.4, -0.2) is 12.6 Å². The lowest BCUT2D eigenvalue weighted by atomic mass is 10.4. The molecular formula is C10H7BrFNO3S3. The summed E-state index contributed by atoms with van der Waals surface area (Å²) in [6.07, 6.45) is 0. The van der Waals surface area contributed by atoms with Gasteiger partial charge in [-0.1, -0.05) is 0 Å². The maximum absolute atomic E-state index is 12.8. The van der Waals surface area contributed by atoms with Crippen molar-refractivity contribution in [3.8, 4) is 0 Å². The number of primary sulfonamides is 1. The monoisotopic (exact) mass is 383 g/mol. The molecule has 1 atom stereocenters. The fourth-order valence-electron chi connectivity index (χ4n) is 1.26. The lowest BCUT2D eigenvalue weighted by Gasteiger charge is -1.99. The van der Waals surface area contributed by atoms with Gasteiger partial charge in [0.2, 0.25) is 10.0 Å². The number of sulfonamides is 1. The van der Waals surface area contributed by atoms with Gasteiger partial charge in [-0.3, -0.25) is 0 Å². The fourth-order valence-corrected chi connectivity index (χ4v) is 5.84. The quantitative estimate of drug-likeness (QED) is 0.883. The van der Waals surface area contributed by atoms with Crippen molar-refractivity contribution in [3.05, 3.63) is 40.6 Å². The Morgan fingerprint density at radius 1 is 1.26 bits per heavy atom. The molecule has 2 rings (SSSR count). The molecule has 0 radical (unpaired) electrons. The molecule has 9 heteroatoms. The Bertz CT molecular complexity index is 740. The maximum atomic E-state index is 12.8. The van der Waals surface area contributed by atoms with Crippen molar-refractivity contribution in [1.82, 2.24) is 0 Å². The summed E-state index contributed by atoms with van der Waals surface area (Å²) in [5, 5.41) is 5.01. The predicted molar refractivity (Wildman–Crippen MR) is 74.5 cm³/mol. The number of hydrogen-bond donors (Lipinski definition) is 1. The second-order valence-corrected chi connectivity index (χ2v) is 8.84. The molecule has 0 aliphatic rings. The molecule has 0 saturated carbocycles. The third-order valence-electron chi connectivity index (χ3n) is 2.11. The molecule has 102 valence electrons. The first-order valence-corrected chi connectivity index (χ1v) is 9.09. The molecule has 0 unspecified atom stereocenters. The van der Waals surface area contributed by atoms with E-state index < -0.39 is 26.6 Å². The summed E-state index contributed by atoms with van der Waals surface area (Å²) in [5.74, 6) is -0.434. The van der Waals surface area contributed by atoms with Crippen molar-refractivity contribution in [3.63, 3.8) is 0 Å². The molecule has 0 aliphatic heterocycles. The van der Waals surface area contributed by atoms with Gasteiger partial charge in [0, 0.05) is 9.37 Å². The number of benzene rings is 1. The molecule has 0 spiro atoms. The third-order valence-corrected chi connectivity index (χ3v) is 7.57. The number of thiophene rings is 1. The van der Waals surface area contributed by atoms with Gasteiger partial charge in [0.15, 0.2) is 0 Å². The number of nitrogens with two attached hydrogens (primary N) is 1. The van der Waals surface area contributed by atoms with Gasteiger partial charge in [-0.05, 0) is 46.3 Å². The van der Waals surface area contributed by atoms with Crippen LogP contribution in [0.4, 0.5) is 4.39 Å². The fraction of sp³-hybridized carbons (Fsp3) is 0. The molecule has 0 saturated heterocycles. The zero-order chi connectivity index (χ0) is 14.2. The van der Waals surface area contributed by atoms with E-state index in [0.717, 1.165) is 11.3 Å². The van der Waals surface area contributed by atoms with E-state index in [4.69, 9.17) is 5.14 Å². The predicted octanol–water partition coefficient (Wildman–Crippen LogP) is 2.46. The number of rotatable bonds is 3. The van der Waals surface area contributed by atoms with Gasteiger partial charge in [0.25, 0.3) is 0 Å². The van der Waals surface area contributed by atoms with Crippen LogP contribution in [0.15, 0.2) is 48.1 Å². The van der Waals surface area contributed by atoms with E-state index in [9.17, 15) is 17.0 Å². The lowest BCUT2D eigenvalue weighted by Crippen LogP contribution is -2.09. The Kier molecular flexibility index (Phi) is 4.21. The van der Waals surface area contributed by atoms with Crippen molar-refractivity contribution in [2.45, 2.75) is 13.3 Å². The summed E-state index contributed by atoms with van der Waals surface area (Å²) in [7, 11) is -5.43. The zero-order valence-electron chi connectivity index (χ0n) is 9.17. The Morgan fingerprint density at radius 3 is 2.32 bits per heavy atom. The van der Waals surface area contributed by atoms with Crippen LogP contribution in [0, 0.1) is 5.82 Å². The van der Waals surface area contributed by atoms with Crippen LogP contribution >= 0.6 is 27.3 Å². The topological polar surface area (TPSA) is 77.2 Å². The van der Waals surface area contributed by atoms with E-state index in [1.54, 1.807) is 0 Å². The second-order valence-electron chi connectivity index (χ2n) is 3.47. The van der Waals surface area contributed by atoms with Gasteiger partial charge >= 0.3 is 0 Å². The van der Waals surface area contributed by atoms with Crippen molar-refractivity contribution < 1.29 is 17.0 Å². The van der Waals surface area contributed by atoms with Gasteiger partial charge in [0.1, 0.15) is 14.2 Å². The molecule has 0 aliphatic carbocycles. The van der Waals surface area contributed by atoms with E-state index in [1.807, 2.05) is 0 Å². The van der Waals surface area contributed by atoms with Crippen molar-refractivity contribution in [2.75, 3.05) is 0 Å². The molecule has 0 bridgehead atoms. The third kappa shape index (κ3) is 3.29. The van der Waals surface area contributed by atoms with Crippen molar-refractivity contribution in [1.29, 1.82) is 0 Å². The Hall–Kier alpha value is -0.610. The standard InChI is InChI=1S/C10H7BrFNO3S3/c11-8-5-9(19(13,15)16)17-10(8)18(14)7-3-1-6(12)2-4-7/h1-5H,(H2,13,15,16)/t18-/m0/s1. The smallest absolute Gasteiger partial charge is 0.247 e. The molecule has 0 amide bonds. The van der Waals surface area contributed by atoms with Gasteiger partial charge in [-0.2, -0.15) is 0 Å². The van der Waals surface area contributed by atoms with Gasteiger partial charge in [-0.25, -0.2) is 22.2 Å². The average Bonchev–Trinajstić information content (AvgIpc) is 2.71. The van der Waals surface area contributed by atoms with E-state index in [0.29, 0.717) is 13.6 Å². The summed E-state index contributed by atoms with van der Waals surface area (Å²) in [6, 6.07) is 6.45. The van der Waals surface area contributed by atoms with E-state index in [1.165, 1.54) is 30.3 Å². The average molecular weight is 384 g/mol. The summed E-state index contributed by atoms with van der Waals surface area (Å²) in [5.41, 5.74) is 0. The molecule has 19 heavy (non-hydrogen) atoms. The molecule has 4 nitrogen and oxygen atoms in total. The first kappa shape index (κ1) is 14.8. The van der Waals surface area contributed by atoms with E-state index >= 15 is 0 Å². The molecule has 1 aromatic carbocycles. The largest absolute Gasteiger partial charge is 0.248 e. The minimum absolute atomic E-state index is 0.0789. The second kappa shape index (κ2) is 5.41. The van der Waals surface area contributed by atoms with Crippen LogP contribution in [-0.2, 0) is 20.8 Å². The van der Waals surface area contributed by atoms with Gasteiger partial charge in [0.05, 0.1) is 10.8 Å². The zero-order valence-corrected chi connectivity index (χ0v) is 13.2. The van der Waals surface area contributed by atoms with Crippen LogP contribution in [0.1, 0.15) is 0 Å². The Labute approximate surface area is 124 Å². The van der Waals surface area contributed by atoms with Crippen molar-refractivity contribution in [2.24, 2.45) is 5.14 Å². The first-order chi connectivity index (χ1) is 8.79. The molecule has 2 N–H and O–H groups in total. The van der Waals surface area contributed by atoms with Gasteiger partial charge in [-0.15, -0.1) is 11.3 Å². The molecule has 1 aromatic heterocycles. The highest BCUT2D eigenvalue weighted by Crippen LogP contribution is 2.34. The molecular weight excluding hydrogens is 377 g/mol. The summed E-state index contributed by atoms with van der Waals surface area (Å²) in [6.45, 7) is 0. The summed E-state index contributed by atoms with van der Waals surface area (Å²) >= 11 is 3.97. The summed E-state index contributed by atoms with van der Waals surface area (Å²) < 4.78 is 48.1. The van der Waals surface area contributed by atoms with Gasteiger partial charge < -0.3 is 0 Å². The highest BCUT2D eigenvalue weighted by molar-refractivity contribution is 9.10. The van der Waals surface area contributed by atoms with E-state index in [-0.39, 0.29) is 4.21 Å². The van der Waals surface area contributed by atoms with Crippen LogP contribution in [0.5, 0.6) is 0 Å². The maximum Gasteiger partial charge on any atom is 0.247 e. The highest BCUT2D eigenvalue weighted by atomic mass is 79.9. The summed E-state index contributed by atoms with van der Waals surface area (Å²) in [4.78, 5) is 0.380. The molecule has 1 heterocycles. The van der Waals surface area contributed by atoms with Crippen LogP contribution < -0.4 is 5.14 Å². The lowest BCUT2D eigenvalue weighted by molar-refractivity contribution is 0.599. The Morgan fingerprint density at radius 2 is 1.84 bits per heavy atom. The minimum atomic E-state index is -3.83. The van der Waals surface area contributed by atoms with Crippen LogP contribution in [0.25, 0.3) is 0 Å². The SMILES string of the molecule is NS(=O)(=O)c1cc(Br)c([S@@](=O)c2ccc(F)cc2)s1. The van der Waals surface area contributed by atoms with Crippen molar-refractivity contribution >= 4 is 48.1 Å². The molecule has 2 aromatic rings. The highest BCUT2D eigenvalue weighted by Gasteiger charge is 2.20. The van der Waals surface area contributed by atoms with Crippen LogP contribution in [0.3, 0.4) is 0 Å². The number of hydrogen-bond acceptors (Lipinski definition) is 4. The Balaban J connectivity index is 2.45. The normalized spacial score (nSPS) is 13.4. The first-order valence-electron chi connectivity index (χ1n) is 4.78. The molecule has 0 fully saturated rings. The number of halogens is 2. The van der Waals surface area contributed by atoms with E-state index in [2.05, 4.69) is 15.9 Å².